The van der Waals surface area contributed by atoms with E-state index >= 15 is 0 Å². The number of nitrogen functional groups attached to an aromatic ring is 1. The molecule has 1 aromatic rings. The van der Waals surface area contributed by atoms with E-state index in [-0.39, 0.29) is 5.91 Å². The molecular weight excluding hydrogens is 254 g/mol. The van der Waals surface area contributed by atoms with Crippen LogP contribution in [0, 0.1) is 5.92 Å². The minimum absolute atomic E-state index is 0.00825. The maximum Gasteiger partial charge on any atom is 0.253 e. The number of hydrogen-bond acceptors (Lipinski definition) is 4. The lowest BCUT2D eigenvalue weighted by Crippen LogP contribution is -2.32. The summed E-state index contributed by atoms with van der Waals surface area (Å²) in [5, 5.41) is 0. The molecule has 0 aromatic heterocycles. The van der Waals surface area contributed by atoms with Gasteiger partial charge in [-0.15, -0.1) is 0 Å². The van der Waals surface area contributed by atoms with Crippen LogP contribution in [0.5, 0.6) is 5.75 Å². The zero-order valence-electron chi connectivity index (χ0n) is 12.4. The van der Waals surface area contributed by atoms with E-state index in [0.29, 0.717) is 22.9 Å². The lowest BCUT2D eigenvalue weighted by Gasteiger charge is -2.21. The molecule has 110 valence electrons. The van der Waals surface area contributed by atoms with Gasteiger partial charge in [0.15, 0.2) is 0 Å². The topological polar surface area (TPSA) is 58.8 Å². The molecule has 1 amide bonds. The number of nitrogens with two attached hydrogens (primary N) is 1. The van der Waals surface area contributed by atoms with Gasteiger partial charge in [0.1, 0.15) is 5.75 Å². The number of ether oxygens (including phenoxy) is 1. The molecule has 5 heteroatoms. The fraction of sp³-hybridized carbons (Fsp3) is 0.533. The van der Waals surface area contributed by atoms with Crippen LogP contribution in [0.4, 0.5) is 5.69 Å². The molecule has 1 fully saturated rings. The van der Waals surface area contributed by atoms with E-state index in [1.807, 2.05) is 7.05 Å². The highest BCUT2D eigenvalue weighted by Crippen LogP contribution is 2.23. The molecule has 1 saturated heterocycles. The number of hydrogen-bond donors (Lipinski definition) is 1. The SMILES string of the molecule is COc1ccc(C(=O)N(C)CC2CCN(C)C2)cc1N. The summed E-state index contributed by atoms with van der Waals surface area (Å²) in [6.45, 7) is 2.96. The van der Waals surface area contributed by atoms with Crippen molar-refractivity contribution in [2.24, 2.45) is 5.92 Å². The molecule has 1 aromatic carbocycles. The van der Waals surface area contributed by atoms with Crippen LogP contribution in [0.15, 0.2) is 18.2 Å². The predicted molar refractivity (Wildman–Crippen MR) is 80.0 cm³/mol. The van der Waals surface area contributed by atoms with Gasteiger partial charge in [-0.3, -0.25) is 4.79 Å². The van der Waals surface area contributed by atoms with Crippen molar-refractivity contribution in [1.29, 1.82) is 0 Å². The number of anilines is 1. The van der Waals surface area contributed by atoms with Gasteiger partial charge in [0, 0.05) is 25.7 Å². The fourth-order valence-electron chi connectivity index (χ4n) is 2.73. The maximum atomic E-state index is 12.4. The zero-order chi connectivity index (χ0) is 14.7. The Labute approximate surface area is 120 Å². The molecule has 0 aliphatic carbocycles. The van der Waals surface area contributed by atoms with Crippen LogP contribution in [0.25, 0.3) is 0 Å². The third-order valence-corrected chi connectivity index (χ3v) is 3.84. The summed E-state index contributed by atoms with van der Waals surface area (Å²) in [5.41, 5.74) is 6.95. The largest absolute Gasteiger partial charge is 0.495 e. The third kappa shape index (κ3) is 3.22. The summed E-state index contributed by atoms with van der Waals surface area (Å²) in [5.74, 6) is 1.17. The van der Waals surface area contributed by atoms with Gasteiger partial charge < -0.3 is 20.3 Å². The lowest BCUT2D eigenvalue weighted by molar-refractivity contribution is 0.0774. The summed E-state index contributed by atoms with van der Waals surface area (Å²) in [4.78, 5) is 16.5. The van der Waals surface area contributed by atoms with Crippen LogP contribution in [-0.2, 0) is 0 Å². The van der Waals surface area contributed by atoms with E-state index in [0.717, 1.165) is 26.1 Å². The Morgan fingerprint density at radius 1 is 1.55 bits per heavy atom. The van der Waals surface area contributed by atoms with Crippen molar-refractivity contribution >= 4 is 11.6 Å². The smallest absolute Gasteiger partial charge is 0.253 e. The van der Waals surface area contributed by atoms with Crippen molar-refractivity contribution in [1.82, 2.24) is 9.80 Å². The third-order valence-electron chi connectivity index (χ3n) is 3.84. The number of carbonyl (C=O) groups is 1. The van der Waals surface area contributed by atoms with Crippen LogP contribution in [0.3, 0.4) is 0 Å². The van der Waals surface area contributed by atoms with Gasteiger partial charge in [-0.1, -0.05) is 0 Å². The summed E-state index contributed by atoms with van der Waals surface area (Å²) in [6, 6.07) is 5.17. The molecule has 1 unspecified atom stereocenters. The number of likely N-dealkylation sites (tertiary alicyclic amines) is 1. The van der Waals surface area contributed by atoms with E-state index in [1.54, 1.807) is 30.2 Å². The Bertz CT molecular complexity index is 490. The monoisotopic (exact) mass is 277 g/mol. The second-order valence-electron chi connectivity index (χ2n) is 5.56. The highest BCUT2D eigenvalue weighted by atomic mass is 16.5. The minimum atomic E-state index is 0.00825. The van der Waals surface area contributed by atoms with Crippen molar-refractivity contribution < 1.29 is 9.53 Å². The highest BCUT2D eigenvalue weighted by Gasteiger charge is 2.23. The maximum absolute atomic E-state index is 12.4. The second kappa shape index (κ2) is 6.13. The van der Waals surface area contributed by atoms with Crippen molar-refractivity contribution in [2.75, 3.05) is 46.6 Å². The van der Waals surface area contributed by atoms with Crippen LogP contribution in [0.1, 0.15) is 16.8 Å². The summed E-state index contributed by atoms with van der Waals surface area (Å²) >= 11 is 0. The fourth-order valence-corrected chi connectivity index (χ4v) is 2.73. The first-order chi connectivity index (χ1) is 9.51. The van der Waals surface area contributed by atoms with Crippen molar-refractivity contribution in [3.63, 3.8) is 0 Å². The molecule has 2 N–H and O–H groups in total. The van der Waals surface area contributed by atoms with Crippen LogP contribution in [0.2, 0.25) is 0 Å². The number of benzene rings is 1. The molecule has 0 radical (unpaired) electrons. The molecule has 0 spiro atoms. The van der Waals surface area contributed by atoms with E-state index in [1.165, 1.54) is 0 Å². The van der Waals surface area contributed by atoms with Gasteiger partial charge in [0.05, 0.1) is 12.8 Å². The average molecular weight is 277 g/mol. The van der Waals surface area contributed by atoms with Gasteiger partial charge >= 0.3 is 0 Å². The Morgan fingerprint density at radius 3 is 2.85 bits per heavy atom. The number of methoxy groups -OCH3 is 1. The Morgan fingerprint density at radius 2 is 2.30 bits per heavy atom. The van der Waals surface area contributed by atoms with Crippen LogP contribution in [-0.4, -0.2) is 56.5 Å². The first-order valence-corrected chi connectivity index (χ1v) is 6.88. The lowest BCUT2D eigenvalue weighted by atomic mass is 10.1. The minimum Gasteiger partial charge on any atom is -0.495 e. The Hall–Kier alpha value is -1.75. The van der Waals surface area contributed by atoms with Gasteiger partial charge in [0.25, 0.3) is 5.91 Å². The van der Waals surface area contributed by atoms with Crippen LogP contribution >= 0.6 is 0 Å². The molecular formula is C15H23N3O2. The molecule has 1 aliphatic heterocycles. The van der Waals surface area contributed by atoms with Gasteiger partial charge in [-0.05, 0) is 44.1 Å². The quantitative estimate of drug-likeness (QED) is 0.843. The normalized spacial score (nSPS) is 19.1. The predicted octanol–water partition coefficient (Wildman–Crippen LogP) is 1.30. The molecule has 2 rings (SSSR count). The average Bonchev–Trinajstić information content (AvgIpc) is 2.83. The highest BCUT2D eigenvalue weighted by molar-refractivity contribution is 5.95. The van der Waals surface area contributed by atoms with Gasteiger partial charge in [0.2, 0.25) is 0 Å². The number of carbonyl (C=O) groups excluding carboxylic acids is 1. The summed E-state index contributed by atoms with van der Waals surface area (Å²) in [6.07, 6.45) is 1.15. The second-order valence-corrected chi connectivity index (χ2v) is 5.56. The molecule has 5 nitrogen and oxygen atoms in total. The summed E-state index contributed by atoms with van der Waals surface area (Å²) in [7, 11) is 5.53. The molecule has 20 heavy (non-hydrogen) atoms. The molecule has 1 atom stereocenters. The van der Waals surface area contributed by atoms with Crippen molar-refractivity contribution in [2.45, 2.75) is 6.42 Å². The van der Waals surface area contributed by atoms with E-state index < -0.39 is 0 Å². The van der Waals surface area contributed by atoms with E-state index in [2.05, 4.69) is 11.9 Å². The van der Waals surface area contributed by atoms with Crippen molar-refractivity contribution in [3.8, 4) is 5.75 Å². The zero-order valence-corrected chi connectivity index (χ0v) is 12.4. The van der Waals surface area contributed by atoms with E-state index in [9.17, 15) is 4.79 Å². The number of amides is 1. The Balaban J connectivity index is 2.01. The number of nitrogens with zero attached hydrogens (tertiary/aromatic N) is 2. The van der Waals surface area contributed by atoms with Crippen molar-refractivity contribution in [3.05, 3.63) is 23.8 Å². The van der Waals surface area contributed by atoms with Crippen LogP contribution < -0.4 is 10.5 Å². The van der Waals surface area contributed by atoms with Gasteiger partial charge in [-0.2, -0.15) is 0 Å². The molecule has 0 bridgehead atoms. The summed E-state index contributed by atoms with van der Waals surface area (Å²) < 4.78 is 5.10. The molecule has 1 aliphatic rings. The molecule has 1 heterocycles. The van der Waals surface area contributed by atoms with E-state index in [4.69, 9.17) is 10.5 Å². The first kappa shape index (κ1) is 14.7. The first-order valence-electron chi connectivity index (χ1n) is 6.88. The van der Waals surface area contributed by atoms with Gasteiger partial charge in [-0.25, -0.2) is 0 Å². The Kier molecular flexibility index (Phi) is 4.49. The number of rotatable bonds is 4. The molecule has 0 saturated carbocycles. The standard InChI is InChI=1S/C15H23N3O2/c1-17-7-6-11(9-17)10-18(2)15(19)12-4-5-14(20-3)13(16)8-12/h4-5,8,11H,6-7,9-10,16H2,1-3H3.